The van der Waals surface area contributed by atoms with Crippen molar-refractivity contribution >= 4 is 17.1 Å². The summed E-state index contributed by atoms with van der Waals surface area (Å²) in [7, 11) is 2.00. The SMILES string of the molecule is CN(CC(=O)c1cccs1)CC(C)(C)C. The maximum absolute atomic E-state index is 11.8. The van der Waals surface area contributed by atoms with Gasteiger partial charge in [-0.1, -0.05) is 26.8 Å². The van der Waals surface area contributed by atoms with Gasteiger partial charge in [-0.3, -0.25) is 9.69 Å². The van der Waals surface area contributed by atoms with Crippen LogP contribution in [0.1, 0.15) is 30.4 Å². The molecule has 0 radical (unpaired) electrons. The molecule has 1 aromatic rings. The number of carbonyl (C=O) groups excluding carboxylic acids is 1. The largest absolute Gasteiger partial charge is 0.298 e. The first kappa shape index (κ1) is 12.4. The zero-order chi connectivity index (χ0) is 11.5. The van der Waals surface area contributed by atoms with Crippen LogP contribution in [-0.2, 0) is 0 Å². The lowest BCUT2D eigenvalue weighted by Crippen LogP contribution is -2.33. The lowest BCUT2D eigenvalue weighted by Gasteiger charge is -2.25. The van der Waals surface area contributed by atoms with Gasteiger partial charge in [0.25, 0.3) is 0 Å². The van der Waals surface area contributed by atoms with E-state index in [0.29, 0.717) is 6.54 Å². The van der Waals surface area contributed by atoms with Crippen LogP contribution in [0.5, 0.6) is 0 Å². The summed E-state index contributed by atoms with van der Waals surface area (Å²) in [6, 6.07) is 3.81. The van der Waals surface area contributed by atoms with E-state index >= 15 is 0 Å². The zero-order valence-corrected chi connectivity index (χ0v) is 10.7. The Morgan fingerprint density at radius 3 is 2.60 bits per heavy atom. The minimum atomic E-state index is 0.219. The third-order valence-corrected chi connectivity index (χ3v) is 2.86. The van der Waals surface area contributed by atoms with Gasteiger partial charge in [-0.15, -0.1) is 11.3 Å². The Bertz CT molecular complexity index is 311. The Morgan fingerprint density at radius 1 is 1.47 bits per heavy atom. The number of Topliss-reactive ketones (excluding diaryl/α,β-unsaturated/α-hetero) is 1. The summed E-state index contributed by atoms with van der Waals surface area (Å²) in [5, 5.41) is 1.94. The van der Waals surface area contributed by atoms with Gasteiger partial charge < -0.3 is 0 Å². The van der Waals surface area contributed by atoms with Gasteiger partial charge in [0.1, 0.15) is 0 Å². The van der Waals surface area contributed by atoms with E-state index in [2.05, 4.69) is 25.7 Å². The van der Waals surface area contributed by atoms with E-state index in [-0.39, 0.29) is 11.2 Å². The van der Waals surface area contributed by atoms with Crippen molar-refractivity contribution in [2.24, 2.45) is 5.41 Å². The maximum atomic E-state index is 11.8. The molecule has 0 bridgehead atoms. The number of carbonyl (C=O) groups is 1. The van der Waals surface area contributed by atoms with E-state index in [1.165, 1.54) is 11.3 Å². The number of thiophene rings is 1. The molecular formula is C12H19NOS. The molecule has 1 heterocycles. The van der Waals surface area contributed by atoms with E-state index in [0.717, 1.165) is 11.4 Å². The summed E-state index contributed by atoms with van der Waals surface area (Å²) in [6.45, 7) is 7.99. The van der Waals surface area contributed by atoms with E-state index in [9.17, 15) is 4.79 Å². The number of likely N-dealkylation sites (N-methyl/N-ethyl adjacent to an activating group) is 1. The molecule has 0 unspecified atom stereocenters. The summed E-state index contributed by atoms with van der Waals surface area (Å²) in [5.41, 5.74) is 0.241. The molecule has 0 aliphatic heterocycles. The molecule has 0 N–H and O–H groups in total. The number of rotatable bonds is 4. The quantitative estimate of drug-likeness (QED) is 0.734. The number of hydrogen-bond donors (Lipinski definition) is 0. The molecule has 0 spiro atoms. The molecule has 1 aromatic heterocycles. The number of ketones is 1. The van der Waals surface area contributed by atoms with Gasteiger partial charge in [-0.05, 0) is 23.9 Å². The van der Waals surface area contributed by atoms with Gasteiger partial charge >= 0.3 is 0 Å². The topological polar surface area (TPSA) is 20.3 Å². The third-order valence-electron chi connectivity index (χ3n) is 1.95. The first-order valence-corrected chi connectivity index (χ1v) is 6.02. The lowest BCUT2D eigenvalue weighted by atomic mass is 9.96. The molecule has 3 heteroatoms. The summed E-state index contributed by atoms with van der Waals surface area (Å²) in [5.74, 6) is 0.219. The smallest absolute Gasteiger partial charge is 0.186 e. The van der Waals surface area contributed by atoms with Crippen LogP contribution in [0.25, 0.3) is 0 Å². The summed E-state index contributed by atoms with van der Waals surface area (Å²) in [4.78, 5) is 14.7. The minimum Gasteiger partial charge on any atom is -0.298 e. The van der Waals surface area contributed by atoms with Crippen molar-refractivity contribution in [2.45, 2.75) is 20.8 Å². The van der Waals surface area contributed by atoms with Gasteiger partial charge in [-0.25, -0.2) is 0 Å². The van der Waals surface area contributed by atoms with Crippen LogP contribution in [0.4, 0.5) is 0 Å². The molecular weight excluding hydrogens is 206 g/mol. The molecule has 0 aliphatic rings. The molecule has 84 valence electrons. The highest BCUT2D eigenvalue weighted by molar-refractivity contribution is 7.12. The predicted molar refractivity (Wildman–Crippen MR) is 65.6 cm³/mol. The highest BCUT2D eigenvalue weighted by atomic mass is 32.1. The first-order chi connectivity index (χ1) is 6.88. The van der Waals surface area contributed by atoms with Gasteiger partial charge in [0.15, 0.2) is 5.78 Å². The van der Waals surface area contributed by atoms with E-state index in [1.807, 2.05) is 24.6 Å². The Kier molecular flexibility index (Phi) is 4.05. The van der Waals surface area contributed by atoms with Gasteiger partial charge in [0.05, 0.1) is 11.4 Å². The highest BCUT2D eigenvalue weighted by Gasteiger charge is 2.16. The van der Waals surface area contributed by atoms with Crippen molar-refractivity contribution in [1.29, 1.82) is 0 Å². The standard InChI is InChI=1S/C12H19NOS/c1-12(2,3)9-13(4)8-10(14)11-6-5-7-15-11/h5-7H,8-9H2,1-4H3. The molecule has 0 aromatic carbocycles. The van der Waals surface area contributed by atoms with Crippen molar-refractivity contribution in [3.63, 3.8) is 0 Å². The van der Waals surface area contributed by atoms with Crippen molar-refractivity contribution in [3.8, 4) is 0 Å². The van der Waals surface area contributed by atoms with Crippen LogP contribution >= 0.6 is 11.3 Å². The summed E-state index contributed by atoms with van der Waals surface area (Å²) in [6.07, 6.45) is 0. The van der Waals surface area contributed by atoms with Crippen molar-refractivity contribution < 1.29 is 4.79 Å². The van der Waals surface area contributed by atoms with Crippen LogP contribution in [0.2, 0.25) is 0 Å². The van der Waals surface area contributed by atoms with E-state index < -0.39 is 0 Å². The van der Waals surface area contributed by atoms with E-state index in [1.54, 1.807) is 0 Å². The molecule has 0 saturated carbocycles. The minimum absolute atomic E-state index is 0.219. The fraction of sp³-hybridized carbons (Fsp3) is 0.583. The Labute approximate surface area is 95.9 Å². The second kappa shape index (κ2) is 4.90. The number of nitrogens with zero attached hydrogens (tertiary/aromatic N) is 1. The summed E-state index contributed by atoms with van der Waals surface area (Å²) >= 11 is 1.51. The maximum Gasteiger partial charge on any atom is 0.186 e. The van der Waals surface area contributed by atoms with Crippen LogP contribution in [0.3, 0.4) is 0 Å². The fourth-order valence-corrected chi connectivity index (χ4v) is 2.28. The van der Waals surface area contributed by atoms with E-state index in [4.69, 9.17) is 0 Å². The molecule has 15 heavy (non-hydrogen) atoms. The van der Waals surface area contributed by atoms with Crippen molar-refractivity contribution in [1.82, 2.24) is 4.90 Å². The van der Waals surface area contributed by atoms with Gasteiger partial charge in [-0.2, -0.15) is 0 Å². The molecule has 0 amide bonds. The lowest BCUT2D eigenvalue weighted by molar-refractivity contribution is 0.0931. The molecule has 1 rings (SSSR count). The molecule has 0 aliphatic carbocycles. The molecule has 2 nitrogen and oxygen atoms in total. The predicted octanol–water partition coefficient (Wildman–Crippen LogP) is 2.91. The molecule has 0 fully saturated rings. The number of hydrogen-bond acceptors (Lipinski definition) is 3. The normalized spacial score (nSPS) is 12.1. The Balaban J connectivity index is 2.45. The third kappa shape index (κ3) is 4.58. The van der Waals surface area contributed by atoms with Crippen LogP contribution in [-0.4, -0.2) is 30.8 Å². The van der Waals surface area contributed by atoms with Crippen LogP contribution < -0.4 is 0 Å². The Morgan fingerprint density at radius 2 is 2.13 bits per heavy atom. The van der Waals surface area contributed by atoms with Gasteiger partial charge in [0.2, 0.25) is 0 Å². The zero-order valence-electron chi connectivity index (χ0n) is 9.91. The highest BCUT2D eigenvalue weighted by Crippen LogP contribution is 2.15. The fourth-order valence-electron chi connectivity index (χ4n) is 1.63. The van der Waals surface area contributed by atoms with Gasteiger partial charge in [0, 0.05) is 6.54 Å². The van der Waals surface area contributed by atoms with Crippen molar-refractivity contribution in [2.75, 3.05) is 20.1 Å². The molecule has 0 saturated heterocycles. The second-order valence-corrected chi connectivity index (χ2v) is 6.08. The second-order valence-electron chi connectivity index (χ2n) is 5.13. The van der Waals surface area contributed by atoms with Crippen molar-refractivity contribution in [3.05, 3.63) is 22.4 Å². The average molecular weight is 225 g/mol. The first-order valence-electron chi connectivity index (χ1n) is 5.14. The Hall–Kier alpha value is -0.670. The monoisotopic (exact) mass is 225 g/mol. The average Bonchev–Trinajstić information content (AvgIpc) is 2.50. The molecule has 0 atom stereocenters. The summed E-state index contributed by atoms with van der Waals surface area (Å²) < 4.78 is 0. The van der Waals surface area contributed by atoms with Crippen LogP contribution in [0.15, 0.2) is 17.5 Å². The van der Waals surface area contributed by atoms with Crippen LogP contribution in [0, 0.1) is 5.41 Å².